The minimum atomic E-state index is -3.70. The molecule has 1 atom stereocenters. The third-order valence-electron chi connectivity index (χ3n) is 3.17. The molecule has 0 fully saturated rings. The van der Waals surface area contributed by atoms with Crippen LogP contribution < -0.4 is 4.72 Å². The van der Waals surface area contributed by atoms with E-state index in [2.05, 4.69) is 25.5 Å². The highest BCUT2D eigenvalue weighted by atomic mass is 32.2. The van der Waals surface area contributed by atoms with Crippen LogP contribution in [0.25, 0.3) is 0 Å². The Balaban J connectivity index is 2.96. The standard InChI is InChI=1S/C15H24N2O3S/c1-11(14(18)17(5)6)16-21(19,20)13-9-7-12(8-10-13)15(2,3)4/h7-11,16H,1-6H3. The fraction of sp³-hybridized carbons (Fsp3) is 0.533. The van der Waals surface area contributed by atoms with Gasteiger partial charge in [0.05, 0.1) is 10.9 Å². The van der Waals surface area contributed by atoms with Crippen LogP contribution in [0.1, 0.15) is 33.3 Å². The van der Waals surface area contributed by atoms with E-state index in [4.69, 9.17) is 0 Å². The van der Waals surface area contributed by atoms with Gasteiger partial charge < -0.3 is 4.90 Å². The summed E-state index contributed by atoms with van der Waals surface area (Å²) in [6.45, 7) is 7.72. The average molecular weight is 312 g/mol. The maximum absolute atomic E-state index is 12.2. The van der Waals surface area contributed by atoms with Gasteiger partial charge in [-0.3, -0.25) is 4.79 Å². The van der Waals surface area contributed by atoms with Gasteiger partial charge in [-0.1, -0.05) is 32.9 Å². The summed E-state index contributed by atoms with van der Waals surface area (Å²) < 4.78 is 26.9. The molecule has 0 heterocycles. The zero-order chi connectivity index (χ0) is 16.4. The molecular weight excluding hydrogens is 288 g/mol. The van der Waals surface area contributed by atoms with Crippen molar-refractivity contribution in [1.82, 2.24) is 9.62 Å². The zero-order valence-corrected chi connectivity index (χ0v) is 14.3. The number of nitrogens with zero attached hydrogens (tertiary/aromatic N) is 1. The summed E-state index contributed by atoms with van der Waals surface area (Å²) in [5.41, 5.74) is 1.02. The fourth-order valence-electron chi connectivity index (χ4n) is 1.87. The fourth-order valence-corrected chi connectivity index (χ4v) is 3.07. The number of rotatable bonds is 4. The lowest BCUT2D eigenvalue weighted by Crippen LogP contribution is -2.44. The van der Waals surface area contributed by atoms with Crippen LogP contribution in [0.5, 0.6) is 0 Å². The molecule has 0 saturated carbocycles. The van der Waals surface area contributed by atoms with Crippen LogP contribution in [-0.4, -0.2) is 39.4 Å². The second-order valence-corrected chi connectivity index (χ2v) is 8.06. The highest BCUT2D eigenvalue weighted by molar-refractivity contribution is 7.89. The molecule has 0 aliphatic heterocycles. The van der Waals surface area contributed by atoms with Gasteiger partial charge in [-0.2, -0.15) is 4.72 Å². The molecule has 1 rings (SSSR count). The van der Waals surface area contributed by atoms with Crippen molar-refractivity contribution < 1.29 is 13.2 Å². The number of likely N-dealkylation sites (N-methyl/N-ethyl adjacent to an activating group) is 1. The predicted molar refractivity (Wildman–Crippen MR) is 83.6 cm³/mol. The molecule has 1 N–H and O–H groups in total. The van der Waals surface area contributed by atoms with Crippen molar-refractivity contribution in [3.63, 3.8) is 0 Å². The molecule has 1 aromatic carbocycles. The summed E-state index contributed by atoms with van der Waals surface area (Å²) in [6.07, 6.45) is 0. The van der Waals surface area contributed by atoms with Crippen molar-refractivity contribution in [1.29, 1.82) is 0 Å². The zero-order valence-electron chi connectivity index (χ0n) is 13.5. The molecule has 0 aliphatic rings. The molecule has 5 nitrogen and oxygen atoms in total. The second-order valence-electron chi connectivity index (χ2n) is 6.35. The van der Waals surface area contributed by atoms with Crippen molar-refractivity contribution in [3.05, 3.63) is 29.8 Å². The van der Waals surface area contributed by atoms with Crippen LogP contribution in [0, 0.1) is 0 Å². The van der Waals surface area contributed by atoms with Crippen LogP contribution >= 0.6 is 0 Å². The summed E-state index contributed by atoms with van der Waals surface area (Å²) in [7, 11) is -0.521. The summed E-state index contributed by atoms with van der Waals surface area (Å²) >= 11 is 0. The maximum Gasteiger partial charge on any atom is 0.241 e. The Labute approximate surface area is 127 Å². The molecule has 21 heavy (non-hydrogen) atoms. The number of hydrogen-bond donors (Lipinski definition) is 1. The molecule has 1 unspecified atom stereocenters. The van der Waals surface area contributed by atoms with Gasteiger partial charge in [0.1, 0.15) is 0 Å². The third-order valence-corrected chi connectivity index (χ3v) is 4.73. The Morgan fingerprint density at radius 3 is 2.00 bits per heavy atom. The van der Waals surface area contributed by atoms with Gasteiger partial charge in [0.2, 0.25) is 15.9 Å². The molecule has 0 aliphatic carbocycles. The van der Waals surface area contributed by atoms with Crippen molar-refractivity contribution in [3.8, 4) is 0 Å². The normalized spacial score (nSPS) is 13.8. The van der Waals surface area contributed by atoms with E-state index < -0.39 is 16.1 Å². The molecule has 6 heteroatoms. The van der Waals surface area contributed by atoms with E-state index in [-0.39, 0.29) is 16.2 Å². The molecule has 0 aromatic heterocycles. The third kappa shape index (κ3) is 4.54. The first-order valence-corrected chi connectivity index (χ1v) is 8.27. The number of sulfonamides is 1. The molecule has 1 amide bonds. The second kappa shape index (κ2) is 6.15. The maximum atomic E-state index is 12.2. The van der Waals surface area contributed by atoms with E-state index >= 15 is 0 Å². The van der Waals surface area contributed by atoms with Gasteiger partial charge in [0.25, 0.3) is 0 Å². The van der Waals surface area contributed by atoms with E-state index in [1.807, 2.05) is 0 Å². The van der Waals surface area contributed by atoms with Crippen molar-refractivity contribution in [2.75, 3.05) is 14.1 Å². The average Bonchev–Trinajstić information content (AvgIpc) is 2.36. The van der Waals surface area contributed by atoms with Crippen molar-refractivity contribution in [2.24, 2.45) is 0 Å². The summed E-state index contributed by atoms with van der Waals surface area (Å²) in [4.78, 5) is 13.3. The highest BCUT2D eigenvalue weighted by Crippen LogP contribution is 2.23. The Hall–Kier alpha value is -1.40. The lowest BCUT2D eigenvalue weighted by Gasteiger charge is -2.20. The van der Waals surface area contributed by atoms with Gasteiger partial charge in [0, 0.05) is 14.1 Å². The Kier molecular flexibility index (Phi) is 5.17. The van der Waals surface area contributed by atoms with E-state index in [9.17, 15) is 13.2 Å². The number of carbonyl (C=O) groups is 1. The molecule has 0 saturated heterocycles. The van der Waals surface area contributed by atoms with Crippen LogP contribution in [-0.2, 0) is 20.2 Å². The number of hydrogen-bond acceptors (Lipinski definition) is 3. The largest absolute Gasteiger partial charge is 0.347 e. The number of amides is 1. The van der Waals surface area contributed by atoms with Crippen molar-refractivity contribution >= 4 is 15.9 Å². The lowest BCUT2D eigenvalue weighted by molar-refractivity contribution is -0.130. The van der Waals surface area contributed by atoms with Crippen LogP contribution in [0.3, 0.4) is 0 Å². The van der Waals surface area contributed by atoms with Crippen LogP contribution in [0.4, 0.5) is 0 Å². The molecule has 118 valence electrons. The molecular formula is C15H24N2O3S. The van der Waals surface area contributed by atoms with Crippen LogP contribution in [0.15, 0.2) is 29.2 Å². The Morgan fingerprint density at radius 1 is 1.14 bits per heavy atom. The number of carbonyl (C=O) groups excluding carboxylic acids is 1. The molecule has 0 bridgehead atoms. The first kappa shape index (κ1) is 17.7. The quantitative estimate of drug-likeness (QED) is 0.921. The van der Waals surface area contributed by atoms with E-state index in [1.54, 1.807) is 38.4 Å². The first-order valence-electron chi connectivity index (χ1n) is 6.79. The molecule has 0 radical (unpaired) electrons. The highest BCUT2D eigenvalue weighted by Gasteiger charge is 2.23. The number of nitrogens with one attached hydrogen (secondary N) is 1. The van der Waals surface area contributed by atoms with Crippen molar-refractivity contribution in [2.45, 2.75) is 44.0 Å². The van der Waals surface area contributed by atoms with Gasteiger partial charge in [-0.05, 0) is 30.0 Å². The number of benzene rings is 1. The monoisotopic (exact) mass is 312 g/mol. The summed E-state index contributed by atoms with van der Waals surface area (Å²) in [5, 5.41) is 0. The summed E-state index contributed by atoms with van der Waals surface area (Å²) in [5.74, 6) is -0.287. The first-order chi connectivity index (χ1) is 9.45. The topological polar surface area (TPSA) is 66.5 Å². The lowest BCUT2D eigenvalue weighted by atomic mass is 9.87. The van der Waals surface area contributed by atoms with E-state index in [0.29, 0.717) is 0 Å². The van der Waals surface area contributed by atoms with Gasteiger partial charge in [-0.25, -0.2) is 8.42 Å². The minimum absolute atomic E-state index is 0.0378. The van der Waals surface area contributed by atoms with E-state index in [0.717, 1.165) is 5.56 Å². The van der Waals surface area contributed by atoms with Gasteiger partial charge in [0.15, 0.2) is 0 Å². The SMILES string of the molecule is CC(NS(=O)(=O)c1ccc(C(C)(C)C)cc1)C(=O)N(C)C. The van der Waals surface area contributed by atoms with Gasteiger partial charge >= 0.3 is 0 Å². The Morgan fingerprint density at radius 2 is 1.62 bits per heavy atom. The summed E-state index contributed by atoms with van der Waals surface area (Å²) in [6, 6.07) is 5.93. The van der Waals surface area contributed by atoms with Crippen LogP contribution in [0.2, 0.25) is 0 Å². The smallest absolute Gasteiger partial charge is 0.241 e. The molecule has 0 spiro atoms. The predicted octanol–water partition coefficient (Wildman–Crippen LogP) is 1.74. The molecule has 1 aromatic rings. The minimum Gasteiger partial charge on any atom is -0.347 e. The van der Waals surface area contributed by atoms with Gasteiger partial charge in [-0.15, -0.1) is 0 Å². The Bertz CT molecular complexity index is 599. The van der Waals surface area contributed by atoms with E-state index in [1.165, 1.54) is 11.8 Å².